The molecule has 90 valence electrons. The molecular formula is C14H23NO. The van der Waals surface area contributed by atoms with Crippen LogP contribution in [0.25, 0.3) is 0 Å². The van der Waals surface area contributed by atoms with Crippen molar-refractivity contribution in [2.45, 2.75) is 26.7 Å². The van der Waals surface area contributed by atoms with E-state index in [-0.39, 0.29) is 0 Å². The van der Waals surface area contributed by atoms with Crippen LogP contribution in [-0.4, -0.2) is 13.7 Å². The smallest absolute Gasteiger partial charge is 0.122 e. The van der Waals surface area contributed by atoms with Crippen LogP contribution in [0.5, 0.6) is 5.75 Å². The first-order valence-electron chi connectivity index (χ1n) is 6.01. The summed E-state index contributed by atoms with van der Waals surface area (Å²) in [5.74, 6) is 2.29. The maximum absolute atomic E-state index is 5.66. The number of para-hydroxylation sites is 1. The van der Waals surface area contributed by atoms with E-state index in [0.29, 0.717) is 11.8 Å². The Morgan fingerprint density at radius 1 is 1.25 bits per heavy atom. The summed E-state index contributed by atoms with van der Waals surface area (Å²) < 4.78 is 5.37. The fourth-order valence-electron chi connectivity index (χ4n) is 2.04. The van der Waals surface area contributed by atoms with Crippen molar-refractivity contribution in [3.05, 3.63) is 29.8 Å². The summed E-state index contributed by atoms with van der Waals surface area (Å²) in [5, 5.41) is 0. The lowest BCUT2D eigenvalue weighted by atomic mass is 9.86. The molecule has 0 amide bonds. The molecule has 2 heteroatoms. The molecule has 2 N–H and O–H groups in total. The first kappa shape index (κ1) is 13.0. The van der Waals surface area contributed by atoms with Crippen LogP contribution in [0.15, 0.2) is 24.3 Å². The monoisotopic (exact) mass is 221 g/mol. The number of hydrogen-bond acceptors (Lipinski definition) is 2. The summed E-state index contributed by atoms with van der Waals surface area (Å²) in [6, 6.07) is 8.24. The summed E-state index contributed by atoms with van der Waals surface area (Å²) in [6.45, 7) is 5.28. The second-order valence-corrected chi connectivity index (χ2v) is 4.60. The SMILES string of the molecule is COc1ccccc1CC(CCN)C(C)C. The van der Waals surface area contributed by atoms with Crippen LogP contribution in [0.3, 0.4) is 0 Å². The van der Waals surface area contributed by atoms with Crippen molar-refractivity contribution in [2.75, 3.05) is 13.7 Å². The summed E-state index contributed by atoms with van der Waals surface area (Å²) >= 11 is 0. The van der Waals surface area contributed by atoms with Gasteiger partial charge in [-0.1, -0.05) is 32.0 Å². The molecule has 1 unspecified atom stereocenters. The van der Waals surface area contributed by atoms with Crippen molar-refractivity contribution in [3.63, 3.8) is 0 Å². The Balaban J connectivity index is 2.76. The molecule has 2 nitrogen and oxygen atoms in total. The minimum absolute atomic E-state index is 0.640. The Bertz CT molecular complexity index is 309. The largest absolute Gasteiger partial charge is 0.496 e. The van der Waals surface area contributed by atoms with E-state index < -0.39 is 0 Å². The van der Waals surface area contributed by atoms with E-state index in [1.165, 1.54) is 5.56 Å². The lowest BCUT2D eigenvalue weighted by Gasteiger charge is -2.21. The average molecular weight is 221 g/mol. The second-order valence-electron chi connectivity index (χ2n) is 4.60. The van der Waals surface area contributed by atoms with Gasteiger partial charge in [0, 0.05) is 0 Å². The Morgan fingerprint density at radius 3 is 2.50 bits per heavy atom. The first-order valence-corrected chi connectivity index (χ1v) is 6.01. The quantitative estimate of drug-likeness (QED) is 0.801. The molecule has 1 aromatic carbocycles. The normalized spacial score (nSPS) is 12.8. The Labute approximate surface area is 98.8 Å². The van der Waals surface area contributed by atoms with Crippen molar-refractivity contribution in [1.29, 1.82) is 0 Å². The fourth-order valence-corrected chi connectivity index (χ4v) is 2.04. The van der Waals surface area contributed by atoms with Gasteiger partial charge in [0.2, 0.25) is 0 Å². The third-order valence-corrected chi connectivity index (χ3v) is 3.15. The molecule has 1 atom stereocenters. The zero-order chi connectivity index (χ0) is 12.0. The molecule has 1 aromatic rings. The number of nitrogens with two attached hydrogens (primary N) is 1. The van der Waals surface area contributed by atoms with Crippen molar-refractivity contribution in [1.82, 2.24) is 0 Å². The van der Waals surface area contributed by atoms with Crippen LogP contribution in [0.2, 0.25) is 0 Å². The van der Waals surface area contributed by atoms with Gasteiger partial charge in [-0.15, -0.1) is 0 Å². The zero-order valence-corrected chi connectivity index (χ0v) is 10.6. The summed E-state index contributed by atoms with van der Waals surface area (Å²) in [5.41, 5.74) is 6.95. The Kier molecular flexibility index (Phi) is 5.33. The lowest BCUT2D eigenvalue weighted by molar-refractivity contribution is 0.351. The average Bonchev–Trinajstić information content (AvgIpc) is 2.29. The van der Waals surface area contributed by atoms with Gasteiger partial charge in [-0.2, -0.15) is 0 Å². The molecule has 0 aromatic heterocycles. The molecule has 0 saturated heterocycles. The van der Waals surface area contributed by atoms with E-state index >= 15 is 0 Å². The number of methoxy groups -OCH3 is 1. The van der Waals surface area contributed by atoms with Crippen molar-refractivity contribution >= 4 is 0 Å². The summed E-state index contributed by atoms with van der Waals surface area (Å²) in [7, 11) is 1.73. The number of hydrogen-bond donors (Lipinski definition) is 1. The van der Waals surface area contributed by atoms with E-state index in [1.54, 1.807) is 7.11 Å². The summed E-state index contributed by atoms with van der Waals surface area (Å²) in [4.78, 5) is 0. The molecule has 0 heterocycles. The van der Waals surface area contributed by atoms with Crippen LogP contribution < -0.4 is 10.5 Å². The van der Waals surface area contributed by atoms with Crippen LogP contribution in [0, 0.1) is 11.8 Å². The van der Waals surface area contributed by atoms with Gasteiger partial charge in [-0.05, 0) is 42.9 Å². The molecule has 0 aliphatic carbocycles. The third kappa shape index (κ3) is 3.53. The molecule has 0 radical (unpaired) electrons. The molecule has 0 aliphatic heterocycles. The van der Waals surface area contributed by atoms with E-state index in [9.17, 15) is 0 Å². The predicted octanol–water partition coefficient (Wildman–Crippen LogP) is 2.86. The summed E-state index contributed by atoms with van der Waals surface area (Å²) in [6.07, 6.45) is 2.13. The van der Waals surface area contributed by atoms with Gasteiger partial charge in [0.15, 0.2) is 0 Å². The molecule has 0 spiro atoms. The van der Waals surface area contributed by atoms with Gasteiger partial charge >= 0.3 is 0 Å². The second kappa shape index (κ2) is 6.54. The van der Waals surface area contributed by atoms with Gasteiger partial charge in [0.25, 0.3) is 0 Å². The molecule has 0 bridgehead atoms. The minimum atomic E-state index is 0.640. The van der Waals surface area contributed by atoms with Crippen molar-refractivity contribution in [2.24, 2.45) is 17.6 Å². The number of benzene rings is 1. The highest BCUT2D eigenvalue weighted by atomic mass is 16.5. The van der Waals surface area contributed by atoms with E-state index in [4.69, 9.17) is 10.5 Å². The van der Waals surface area contributed by atoms with Crippen LogP contribution >= 0.6 is 0 Å². The molecule has 0 saturated carbocycles. The molecule has 1 rings (SSSR count). The van der Waals surface area contributed by atoms with Crippen LogP contribution in [-0.2, 0) is 6.42 Å². The predicted molar refractivity (Wildman–Crippen MR) is 68.7 cm³/mol. The zero-order valence-electron chi connectivity index (χ0n) is 10.6. The fraction of sp³-hybridized carbons (Fsp3) is 0.571. The van der Waals surface area contributed by atoms with Crippen LogP contribution in [0.4, 0.5) is 0 Å². The van der Waals surface area contributed by atoms with E-state index in [2.05, 4.69) is 26.0 Å². The third-order valence-electron chi connectivity index (χ3n) is 3.15. The molecule has 16 heavy (non-hydrogen) atoms. The topological polar surface area (TPSA) is 35.2 Å². The Morgan fingerprint density at radius 2 is 1.94 bits per heavy atom. The number of ether oxygens (including phenoxy) is 1. The van der Waals surface area contributed by atoms with E-state index in [1.807, 2.05) is 12.1 Å². The first-order chi connectivity index (χ1) is 7.69. The maximum atomic E-state index is 5.66. The highest BCUT2D eigenvalue weighted by molar-refractivity contribution is 5.33. The highest BCUT2D eigenvalue weighted by Gasteiger charge is 2.15. The van der Waals surface area contributed by atoms with E-state index in [0.717, 1.165) is 25.1 Å². The van der Waals surface area contributed by atoms with Gasteiger partial charge in [-0.25, -0.2) is 0 Å². The number of rotatable bonds is 6. The highest BCUT2D eigenvalue weighted by Crippen LogP contribution is 2.25. The van der Waals surface area contributed by atoms with Gasteiger partial charge in [0.1, 0.15) is 5.75 Å². The van der Waals surface area contributed by atoms with Gasteiger partial charge in [-0.3, -0.25) is 0 Å². The molecule has 0 fully saturated rings. The minimum Gasteiger partial charge on any atom is -0.496 e. The van der Waals surface area contributed by atoms with Crippen LogP contribution in [0.1, 0.15) is 25.8 Å². The van der Waals surface area contributed by atoms with Gasteiger partial charge < -0.3 is 10.5 Å². The van der Waals surface area contributed by atoms with Gasteiger partial charge in [0.05, 0.1) is 7.11 Å². The Hall–Kier alpha value is -1.02. The standard InChI is InChI=1S/C14H23NO/c1-11(2)12(8-9-15)10-13-6-4-5-7-14(13)16-3/h4-7,11-12H,8-10,15H2,1-3H3. The van der Waals surface area contributed by atoms with Crippen molar-refractivity contribution < 1.29 is 4.74 Å². The maximum Gasteiger partial charge on any atom is 0.122 e. The lowest BCUT2D eigenvalue weighted by Crippen LogP contribution is -2.17. The molecule has 0 aliphatic rings. The molecular weight excluding hydrogens is 198 g/mol. The van der Waals surface area contributed by atoms with Crippen molar-refractivity contribution in [3.8, 4) is 5.75 Å².